The van der Waals surface area contributed by atoms with Gasteiger partial charge in [0, 0.05) is 17.5 Å². The standard InChI is InChI=1S/C19H18ClNO3S/c1-2-15-13-6-8-25-17(13)5-7-21(15)18(22)4-3-12-9-14(20)19-16(10-12)23-11-24-19/h3-4,6,8-10,15H,2,5,7,11H2,1H3/b4-3+. The summed E-state index contributed by atoms with van der Waals surface area (Å²) in [6.45, 7) is 3.06. The summed E-state index contributed by atoms with van der Waals surface area (Å²) < 4.78 is 10.7. The van der Waals surface area contributed by atoms with Crippen molar-refractivity contribution in [3.63, 3.8) is 0 Å². The van der Waals surface area contributed by atoms with Crippen LogP contribution in [0.5, 0.6) is 11.5 Å². The van der Waals surface area contributed by atoms with Crippen LogP contribution in [0.4, 0.5) is 0 Å². The topological polar surface area (TPSA) is 38.8 Å². The molecule has 0 aliphatic carbocycles. The molecule has 3 heterocycles. The number of fused-ring (bicyclic) bond motifs is 2. The third-order valence-electron chi connectivity index (χ3n) is 4.63. The van der Waals surface area contributed by atoms with Gasteiger partial charge in [0.1, 0.15) is 0 Å². The highest BCUT2D eigenvalue weighted by molar-refractivity contribution is 7.10. The highest BCUT2D eigenvalue weighted by Crippen LogP contribution is 2.40. The van der Waals surface area contributed by atoms with Gasteiger partial charge in [-0.3, -0.25) is 4.79 Å². The molecule has 1 aromatic heterocycles. The Hall–Kier alpha value is -1.98. The molecule has 4 nitrogen and oxygen atoms in total. The maximum Gasteiger partial charge on any atom is 0.247 e. The summed E-state index contributed by atoms with van der Waals surface area (Å²) in [5.41, 5.74) is 2.12. The number of amides is 1. The van der Waals surface area contributed by atoms with E-state index in [0.717, 1.165) is 24.9 Å². The quantitative estimate of drug-likeness (QED) is 0.731. The van der Waals surface area contributed by atoms with Crippen LogP contribution in [-0.2, 0) is 11.2 Å². The summed E-state index contributed by atoms with van der Waals surface area (Å²) in [6, 6.07) is 5.92. The normalized spacial score (nSPS) is 18.6. The van der Waals surface area contributed by atoms with Gasteiger partial charge in [-0.25, -0.2) is 0 Å². The number of hydrogen-bond donors (Lipinski definition) is 0. The van der Waals surface area contributed by atoms with Crippen molar-refractivity contribution in [3.8, 4) is 11.5 Å². The van der Waals surface area contributed by atoms with E-state index >= 15 is 0 Å². The third kappa shape index (κ3) is 3.02. The molecular weight excluding hydrogens is 358 g/mol. The molecule has 2 aromatic rings. The van der Waals surface area contributed by atoms with Crippen LogP contribution in [0.3, 0.4) is 0 Å². The van der Waals surface area contributed by atoms with Crippen molar-refractivity contribution < 1.29 is 14.3 Å². The van der Waals surface area contributed by atoms with E-state index in [1.54, 1.807) is 29.6 Å². The fraction of sp³-hybridized carbons (Fsp3) is 0.316. The third-order valence-corrected chi connectivity index (χ3v) is 5.91. The van der Waals surface area contributed by atoms with Crippen LogP contribution in [-0.4, -0.2) is 24.1 Å². The van der Waals surface area contributed by atoms with Crippen LogP contribution >= 0.6 is 22.9 Å². The molecule has 130 valence electrons. The van der Waals surface area contributed by atoms with E-state index < -0.39 is 0 Å². The lowest BCUT2D eigenvalue weighted by molar-refractivity contribution is -0.128. The summed E-state index contributed by atoms with van der Waals surface area (Å²) in [7, 11) is 0. The summed E-state index contributed by atoms with van der Waals surface area (Å²) in [4.78, 5) is 16.1. The van der Waals surface area contributed by atoms with Gasteiger partial charge >= 0.3 is 0 Å². The summed E-state index contributed by atoms with van der Waals surface area (Å²) >= 11 is 7.98. The summed E-state index contributed by atoms with van der Waals surface area (Å²) in [5, 5.41) is 2.61. The van der Waals surface area contributed by atoms with Crippen molar-refractivity contribution in [3.05, 3.63) is 50.7 Å². The molecule has 1 atom stereocenters. The Labute approximate surface area is 155 Å². The van der Waals surface area contributed by atoms with E-state index in [0.29, 0.717) is 16.5 Å². The first-order chi connectivity index (χ1) is 12.2. The second-order valence-corrected chi connectivity index (χ2v) is 7.48. The molecule has 0 N–H and O–H groups in total. The SMILES string of the molecule is CCC1c2ccsc2CCN1C(=O)/C=C/c1cc(Cl)c2c(c1)OCO2. The van der Waals surface area contributed by atoms with Gasteiger partial charge in [0.25, 0.3) is 0 Å². The van der Waals surface area contributed by atoms with E-state index in [4.69, 9.17) is 21.1 Å². The van der Waals surface area contributed by atoms with E-state index in [-0.39, 0.29) is 18.7 Å². The molecule has 1 unspecified atom stereocenters. The van der Waals surface area contributed by atoms with Gasteiger partial charge in [-0.2, -0.15) is 0 Å². The zero-order valence-electron chi connectivity index (χ0n) is 13.8. The van der Waals surface area contributed by atoms with Crippen LogP contribution in [0, 0.1) is 0 Å². The van der Waals surface area contributed by atoms with E-state index in [9.17, 15) is 4.79 Å². The van der Waals surface area contributed by atoms with Gasteiger partial charge < -0.3 is 14.4 Å². The van der Waals surface area contributed by atoms with Crippen LogP contribution in [0.15, 0.2) is 29.7 Å². The van der Waals surface area contributed by atoms with E-state index in [2.05, 4.69) is 18.4 Å². The molecular formula is C19H18ClNO3S. The van der Waals surface area contributed by atoms with Crippen LogP contribution < -0.4 is 9.47 Å². The molecule has 4 rings (SSSR count). The monoisotopic (exact) mass is 375 g/mol. The molecule has 0 spiro atoms. The maximum absolute atomic E-state index is 12.7. The lowest BCUT2D eigenvalue weighted by Crippen LogP contribution is -2.38. The lowest BCUT2D eigenvalue weighted by atomic mass is 9.97. The summed E-state index contributed by atoms with van der Waals surface area (Å²) in [6.07, 6.45) is 5.25. The Morgan fingerprint density at radius 1 is 1.44 bits per heavy atom. The average molecular weight is 376 g/mol. The molecule has 25 heavy (non-hydrogen) atoms. The molecule has 2 aliphatic rings. The molecule has 0 bridgehead atoms. The van der Waals surface area contributed by atoms with Gasteiger partial charge in [0.05, 0.1) is 11.1 Å². The van der Waals surface area contributed by atoms with Gasteiger partial charge in [0.2, 0.25) is 12.7 Å². The largest absolute Gasteiger partial charge is 0.454 e. The number of rotatable bonds is 3. The van der Waals surface area contributed by atoms with E-state index in [1.165, 1.54) is 10.4 Å². The molecule has 1 amide bonds. The first-order valence-corrected chi connectivity index (χ1v) is 9.57. The Kier molecular flexibility index (Phi) is 4.44. The predicted molar refractivity (Wildman–Crippen MR) is 99.4 cm³/mol. The minimum absolute atomic E-state index is 0.0255. The molecule has 2 aliphatic heterocycles. The molecule has 0 radical (unpaired) electrons. The molecule has 6 heteroatoms. The van der Waals surface area contributed by atoms with Crippen LogP contribution in [0.1, 0.15) is 35.4 Å². The van der Waals surface area contributed by atoms with Gasteiger partial charge in [-0.15, -0.1) is 11.3 Å². The molecule has 0 saturated carbocycles. The molecule has 0 fully saturated rings. The number of carbonyl (C=O) groups is 1. The van der Waals surface area contributed by atoms with Crippen molar-refractivity contribution in [1.29, 1.82) is 0 Å². The number of carbonyl (C=O) groups excluding carboxylic acids is 1. The van der Waals surface area contributed by atoms with Crippen molar-refractivity contribution >= 4 is 34.9 Å². The smallest absolute Gasteiger partial charge is 0.247 e. The number of thiophene rings is 1. The second-order valence-electron chi connectivity index (χ2n) is 6.07. The van der Waals surface area contributed by atoms with Gasteiger partial charge in [0.15, 0.2) is 11.5 Å². The van der Waals surface area contributed by atoms with E-state index in [1.807, 2.05) is 11.0 Å². The van der Waals surface area contributed by atoms with Crippen LogP contribution in [0.25, 0.3) is 6.08 Å². The zero-order chi connectivity index (χ0) is 17.4. The highest BCUT2D eigenvalue weighted by atomic mass is 35.5. The Morgan fingerprint density at radius 3 is 3.16 bits per heavy atom. The summed E-state index contributed by atoms with van der Waals surface area (Å²) in [5.74, 6) is 1.21. The predicted octanol–water partition coefficient (Wildman–Crippen LogP) is 4.68. The van der Waals surface area contributed by atoms with Gasteiger partial charge in [-0.05, 0) is 53.6 Å². The van der Waals surface area contributed by atoms with Gasteiger partial charge in [-0.1, -0.05) is 18.5 Å². The highest BCUT2D eigenvalue weighted by Gasteiger charge is 2.29. The van der Waals surface area contributed by atoms with Crippen molar-refractivity contribution in [2.45, 2.75) is 25.8 Å². The lowest BCUT2D eigenvalue weighted by Gasteiger charge is -2.34. The van der Waals surface area contributed by atoms with Crippen molar-refractivity contribution in [2.75, 3.05) is 13.3 Å². The number of halogens is 1. The zero-order valence-corrected chi connectivity index (χ0v) is 15.4. The minimum Gasteiger partial charge on any atom is -0.454 e. The Morgan fingerprint density at radius 2 is 2.32 bits per heavy atom. The Bertz CT molecular complexity index is 845. The fourth-order valence-electron chi connectivity index (χ4n) is 3.45. The average Bonchev–Trinajstić information content (AvgIpc) is 3.27. The number of hydrogen-bond acceptors (Lipinski definition) is 4. The number of nitrogens with zero attached hydrogens (tertiary/aromatic N) is 1. The van der Waals surface area contributed by atoms with Crippen molar-refractivity contribution in [1.82, 2.24) is 4.90 Å². The Balaban J connectivity index is 1.54. The number of benzene rings is 1. The second kappa shape index (κ2) is 6.73. The van der Waals surface area contributed by atoms with Crippen LogP contribution in [0.2, 0.25) is 5.02 Å². The minimum atomic E-state index is 0.0255. The fourth-order valence-corrected chi connectivity index (χ4v) is 4.65. The molecule has 1 aromatic carbocycles. The molecule has 0 saturated heterocycles. The van der Waals surface area contributed by atoms with Crippen molar-refractivity contribution in [2.24, 2.45) is 0 Å². The first-order valence-electron chi connectivity index (χ1n) is 8.31. The maximum atomic E-state index is 12.7. The number of ether oxygens (including phenoxy) is 2. The first kappa shape index (κ1) is 16.5.